The molecule has 0 aliphatic carbocycles. The molecule has 0 aliphatic heterocycles. The molecule has 0 aromatic carbocycles. The van der Waals surface area contributed by atoms with E-state index in [2.05, 4.69) is 0 Å². The van der Waals surface area contributed by atoms with Crippen LogP contribution in [0, 0.1) is 0 Å². The van der Waals surface area contributed by atoms with Crippen LogP contribution in [0.1, 0.15) is 0 Å². The number of hydrogen-bond donors (Lipinski definition) is 0. The molecule has 8 radical (unpaired) electrons. The lowest BCUT2D eigenvalue weighted by Crippen LogP contribution is -2.12. The molecule has 0 saturated heterocycles. The highest BCUT2D eigenvalue weighted by Crippen LogP contribution is 1.70. The van der Waals surface area contributed by atoms with Crippen molar-refractivity contribution in [2.75, 3.05) is 0 Å². The van der Waals surface area contributed by atoms with Crippen molar-refractivity contribution in [3.8, 4) is 0 Å². The Kier molecular flexibility index (Phi) is 9.47. The van der Waals surface area contributed by atoms with Crippen molar-refractivity contribution in [3.05, 3.63) is 0 Å². The zero-order valence-corrected chi connectivity index (χ0v) is 9.22. The Hall–Kier alpha value is 0.748. The summed E-state index contributed by atoms with van der Waals surface area (Å²) in [7, 11) is 1.31. The lowest BCUT2D eigenvalue weighted by atomic mass is 11.9. The fraction of sp³-hybridized carbons (Fsp3) is 1.00. The van der Waals surface area contributed by atoms with Gasteiger partial charge in [-0.2, -0.15) is 0 Å². The van der Waals surface area contributed by atoms with E-state index in [-0.39, 0.29) is 20.0 Å². The molecule has 0 aliphatic rings. The fourth-order valence-electron chi connectivity index (χ4n) is 0.142. The van der Waals surface area contributed by atoms with Crippen molar-refractivity contribution in [3.63, 3.8) is 0 Å². The van der Waals surface area contributed by atoms with Crippen LogP contribution in [0.25, 0.3) is 0 Å². The largest absolute Gasteiger partial charge is 0.435 e. The molecular formula is C2H6O3Si4. The van der Waals surface area contributed by atoms with Gasteiger partial charge in [-0.15, -0.1) is 0 Å². The molecule has 0 amide bonds. The first-order valence-electron chi connectivity index (χ1n) is 2.22. The van der Waals surface area contributed by atoms with Crippen molar-refractivity contribution in [1.82, 2.24) is 0 Å². The maximum atomic E-state index is 4.94. The van der Waals surface area contributed by atoms with Crippen LogP contribution in [0.5, 0.6) is 0 Å². The van der Waals surface area contributed by atoms with E-state index in [0.717, 1.165) is 0 Å². The average molecular weight is 190 g/mol. The Morgan fingerprint density at radius 2 is 1.22 bits per heavy atom. The summed E-state index contributed by atoms with van der Waals surface area (Å²) in [5.41, 5.74) is 0. The Balaban J connectivity index is 2.60. The quantitative estimate of drug-likeness (QED) is 0.415. The molecule has 0 aromatic rings. The first kappa shape index (κ1) is 9.75. The predicted molar refractivity (Wildman–Crippen MR) is 38.0 cm³/mol. The van der Waals surface area contributed by atoms with Crippen LogP contribution in [-0.4, -0.2) is 39.5 Å². The molecule has 3 nitrogen and oxygen atoms in total. The Morgan fingerprint density at radius 3 is 1.56 bits per heavy atom. The van der Waals surface area contributed by atoms with E-state index < -0.39 is 0 Å². The van der Waals surface area contributed by atoms with Gasteiger partial charge in [0.05, 0.1) is 0 Å². The van der Waals surface area contributed by atoms with Gasteiger partial charge in [0.25, 0.3) is 0 Å². The minimum Gasteiger partial charge on any atom is -0.435 e. The van der Waals surface area contributed by atoms with Crippen molar-refractivity contribution < 1.29 is 12.3 Å². The van der Waals surface area contributed by atoms with Crippen molar-refractivity contribution >= 4 is 39.5 Å². The van der Waals surface area contributed by atoms with E-state index in [9.17, 15) is 0 Å². The Bertz CT molecular complexity index is 47.1. The zero-order valence-electron chi connectivity index (χ0n) is 5.22. The van der Waals surface area contributed by atoms with Gasteiger partial charge in [-0.05, 0) is 13.1 Å². The SMILES string of the molecule is C[Si]O[Si]O[Si]O[Si]C. The lowest BCUT2D eigenvalue weighted by Gasteiger charge is -1.96. The third-order valence-electron chi connectivity index (χ3n) is 0.371. The summed E-state index contributed by atoms with van der Waals surface area (Å²) < 4.78 is 14.8. The Labute approximate surface area is 65.5 Å². The fourth-order valence-corrected chi connectivity index (χ4v) is 2.03. The van der Waals surface area contributed by atoms with Gasteiger partial charge < -0.3 is 12.3 Å². The third kappa shape index (κ3) is 8.75. The minimum absolute atomic E-state index is 0.146. The van der Waals surface area contributed by atoms with Gasteiger partial charge in [-0.3, -0.25) is 0 Å². The first-order valence-corrected chi connectivity index (χ1v) is 6.67. The van der Waals surface area contributed by atoms with Crippen molar-refractivity contribution in [1.29, 1.82) is 0 Å². The van der Waals surface area contributed by atoms with Crippen LogP contribution in [0.3, 0.4) is 0 Å². The van der Waals surface area contributed by atoms with Gasteiger partial charge >= 0.3 is 20.0 Å². The molecule has 0 heterocycles. The maximum Gasteiger partial charge on any atom is 0.411 e. The van der Waals surface area contributed by atoms with E-state index >= 15 is 0 Å². The summed E-state index contributed by atoms with van der Waals surface area (Å²) in [6, 6.07) is 0. The first-order chi connectivity index (χ1) is 4.41. The van der Waals surface area contributed by atoms with Crippen LogP contribution in [0.15, 0.2) is 0 Å². The molecule has 48 valence electrons. The highest BCUT2D eigenvalue weighted by atomic mass is 28.4. The highest BCUT2D eigenvalue weighted by molar-refractivity contribution is 6.46. The second kappa shape index (κ2) is 8.75. The normalized spacial score (nSPS) is 10.0. The maximum absolute atomic E-state index is 4.94. The summed E-state index contributed by atoms with van der Waals surface area (Å²) in [6.07, 6.45) is 0. The smallest absolute Gasteiger partial charge is 0.411 e. The minimum atomic E-state index is 0.146. The van der Waals surface area contributed by atoms with Crippen molar-refractivity contribution in [2.24, 2.45) is 0 Å². The molecule has 0 N–H and O–H groups in total. The van der Waals surface area contributed by atoms with Crippen LogP contribution >= 0.6 is 0 Å². The van der Waals surface area contributed by atoms with E-state index in [1.165, 1.54) is 0 Å². The Morgan fingerprint density at radius 1 is 0.778 bits per heavy atom. The van der Waals surface area contributed by atoms with E-state index in [1.807, 2.05) is 13.1 Å². The van der Waals surface area contributed by atoms with E-state index in [1.54, 1.807) is 0 Å². The molecule has 9 heavy (non-hydrogen) atoms. The second-order valence-corrected chi connectivity index (χ2v) is 4.48. The van der Waals surface area contributed by atoms with Crippen LogP contribution in [-0.2, 0) is 12.3 Å². The summed E-state index contributed by atoms with van der Waals surface area (Å²) in [6.45, 7) is 3.92. The summed E-state index contributed by atoms with van der Waals surface area (Å²) in [4.78, 5) is 0. The summed E-state index contributed by atoms with van der Waals surface area (Å²) >= 11 is 0. The molecule has 0 rings (SSSR count). The topological polar surface area (TPSA) is 27.7 Å². The number of rotatable bonds is 6. The van der Waals surface area contributed by atoms with Gasteiger partial charge in [-0.1, -0.05) is 0 Å². The standard InChI is InChI=1S/C2H6O3Si4/c1-6-3-8-5-9-4-7-2/h1-2H3. The molecule has 0 spiro atoms. The average Bonchev–Trinajstić information content (AvgIpc) is 1.89. The molecular weight excluding hydrogens is 184 g/mol. The van der Waals surface area contributed by atoms with Gasteiger partial charge in [-0.25, -0.2) is 0 Å². The molecule has 7 heteroatoms. The number of hydrogen-bond acceptors (Lipinski definition) is 3. The van der Waals surface area contributed by atoms with Crippen LogP contribution < -0.4 is 0 Å². The zero-order chi connectivity index (χ0) is 6.95. The summed E-state index contributed by atoms with van der Waals surface area (Å²) in [5, 5.41) is 0. The third-order valence-corrected chi connectivity index (χ3v) is 3.34. The van der Waals surface area contributed by atoms with E-state index in [4.69, 9.17) is 12.3 Å². The predicted octanol–water partition coefficient (Wildman–Crippen LogP) is -0.561. The van der Waals surface area contributed by atoms with Gasteiger partial charge in [0.1, 0.15) is 0 Å². The van der Waals surface area contributed by atoms with Gasteiger partial charge in [0, 0.05) is 0 Å². The van der Waals surface area contributed by atoms with Crippen molar-refractivity contribution in [2.45, 2.75) is 13.1 Å². The highest BCUT2D eigenvalue weighted by Gasteiger charge is 1.93. The van der Waals surface area contributed by atoms with Gasteiger partial charge in [0.2, 0.25) is 19.5 Å². The molecule has 0 fully saturated rings. The molecule has 0 saturated carbocycles. The summed E-state index contributed by atoms with van der Waals surface area (Å²) in [5.74, 6) is 0. The lowest BCUT2D eigenvalue weighted by molar-refractivity contribution is 0.436. The van der Waals surface area contributed by atoms with E-state index in [0.29, 0.717) is 19.5 Å². The van der Waals surface area contributed by atoms with Crippen LogP contribution in [0.4, 0.5) is 0 Å². The van der Waals surface area contributed by atoms with Gasteiger partial charge in [0.15, 0.2) is 0 Å². The second-order valence-electron chi connectivity index (χ2n) is 0.881. The monoisotopic (exact) mass is 190 g/mol. The molecule has 0 unspecified atom stereocenters. The van der Waals surface area contributed by atoms with Crippen LogP contribution in [0.2, 0.25) is 13.1 Å². The molecule has 0 atom stereocenters. The molecule has 0 bridgehead atoms. The molecule has 0 aromatic heterocycles.